The first kappa shape index (κ1) is 20.6. The molecule has 160 valence electrons. The molecule has 3 fully saturated rings. The minimum atomic E-state index is -0.965. The molecule has 1 heterocycles. The van der Waals surface area contributed by atoms with Crippen LogP contribution in [0.15, 0.2) is 53.5 Å². The van der Waals surface area contributed by atoms with E-state index < -0.39 is 5.97 Å². The van der Waals surface area contributed by atoms with Gasteiger partial charge in [0.2, 0.25) is 5.91 Å². The first-order valence-electron chi connectivity index (χ1n) is 10.6. The molecule has 2 bridgehead atoms. The standard InChI is InChI=1S/C24H23ClN2O3S/c25-19-4-2-1-3-16(19)13-21-22(28)27(20-12-14-5-6-17(20)11-14)24(31-21)26-18-9-7-15(8-10-18)23(29)30/h1-4,7-10,14,17,20-21H,5-6,11-13H2,(H,29,30)/t14-,17-,20-,21-/m0/s1. The highest BCUT2D eigenvalue weighted by molar-refractivity contribution is 8.15. The Bertz CT molecular complexity index is 1060. The monoisotopic (exact) mass is 454 g/mol. The number of carbonyl (C=O) groups excluding carboxylic acids is 1. The van der Waals surface area contributed by atoms with E-state index in [1.54, 1.807) is 24.3 Å². The third-order valence-corrected chi connectivity index (χ3v) is 8.22. The molecule has 3 aliphatic rings. The molecule has 0 spiro atoms. The number of hydrogen-bond donors (Lipinski definition) is 1. The van der Waals surface area contributed by atoms with Crippen LogP contribution in [0.2, 0.25) is 5.02 Å². The van der Waals surface area contributed by atoms with Crippen LogP contribution >= 0.6 is 23.4 Å². The number of halogens is 1. The van der Waals surface area contributed by atoms with Crippen LogP contribution in [0.5, 0.6) is 0 Å². The number of carboxylic acid groups (broad SMARTS) is 1. The van der Waals surface area contributed by atoms with Crippen LogP contribution in [0.4, 0.5) is 5.69 Å². The second kappa shape index (κ2) is 8.32. The molecule has 2 aromatic rings. The van der Waals surface area contributed by atoms with Gasteiger partial charge < -0.3 is 5.11 Å². The van der Waals surface area contributed by atoms with Gasteiger partial charge in [-0.1, -0.05) is 48.0 Å². The molecule has 5 nitrogen and oxygen atoms in total. The molecule has 1 aliphatic heterocycles. The summed E-state index contributed by atoms with van der Waals surface area (Å²) in [4.78, 5) is 31.4. The number of rotatable bonds is 5. The fourth-order valence-corrected chi connectivity index (χ4v) is 6.62. The normalized spacial score (nSPS) is 28.6. The van der Waals surface area contributed by atoms with Crippen LogP contribution in [-0.4, -0.2) is 38.3 Å². The van der Waals surface area contributed by atoms with Crippen LogP contribution in [0, 0.1) is 11.8 Å². The van der Waals surface area contributed by atoms with E-state index in [0.29, 0.717) is 29.0 Å². The Morgan fingerprint density at radius 3 is 2.55 bits per heavy atom. The highest BCUT2D eigenvalue weighted by Crippen LogP contribution is 2.49. The summed E-state index contributed by atoms with van der Waals surface area (Å²) in [5.41, 5.74) is 1.85. The summed E-state index contributed by atoms with van der Waals surface area (Å²) in [5.74, 6) is 0.413. The average Bonchev–Trinajstić information content (AvgIpc) is 3.45. The van der Waals surface area contributed by atoms with Crippen molar-refractivity contribution >= 4 is 46.1 Å². The Kier molecular flexibility index (Phi) is 5.52. The zero-order chi connectivity index (χ0) is 21.5. The van der Waals surface area contributed by atoms with Gasteiger partial charge in [0.15, 0.2) is 5.17 Å². The molecular weight excluding hydrogens is 432 g/mol. The van der Waals surface area contributed by atoms with Crippen molar-refractivity contribution in [3.05, 3.63) is 64.7 Å². The Labute approximate surface area is 190 Å². The highest BCUT2D eigenvalue weighted by Gasteiger charge is 2.49. The lowest BCUT2D eigenvalue weighted by Gasteiger charge is -2.31. The van der Waals surface area contributed by atoms with Crippen molar-refractivity contribution in [3.63, 3.8) is 0 Å². The summed E-state index contributed by atoms with van der Waals surface area (Å²) in [7, 11) is 0. The summed E-state index contributed by atoms with van der Waals surface area (Å²) in [6.45, 7) is 0. The summed E-state index contributed by atoms with van der Waals surface area (Å²) in [6, 6.07) is 14.4. The van der Waals surface area contributed by atoms with E-state index in [1.165, 1.54) is 31.0 Å². The molecule has 2 aliphatic carbocycles. The fourth-order valence-electron chi connectivity index (χ4n) is 5.18. The van der Waals surface area contributed by atoms with Crippen molar-refractivity contribution in [2.45, 2.75) is 43.4 Å². The van der Waals surface area contributed by atoms with Gasteiger partial charge in [0, 0.05) is 11.1 Å². The molecule has 1 N–H and O–H groups in total. The molecule has 7 heteroatoms. The Morgan fingerprint density at radius 1 is 1.13 bits per heavy atom. The summed E-state index contributed by atoms with van der Waals surface area (Å²) in [5, 5.41) is 10.3. The third-order valence-electron chi connectivity index (χ3n) is 6.70. The predicted octanol–water partition coefficient (Wildman–Crippen LogP) is 5.40. The van der Waals surface area contributed by atoms with Gasteiger partial charge in [-0.3, -0.25) is 9.69 Å². The second-order valence-electron chi connectivity index (χ2n) is 8.60. The highest BCUT2D eigenvalue weighted by atomic mass is 35.5. The van der Waals surface area contributed by atoms with Crippen molar-refractivity contribution < 1.29 is 14.7 Å². The number of nitrogens with zero attached hydrogens (tertiary/aromatic N) is 2. The molecule has 0 radical (unpaired) electrons. The number of carboxylic acids is 1. The molecule has 1 saturated heterocycles. The minimum absolute atomic E-state index is 0.114. The smallest absolute Gasteiger partial charge is 0.335 e. The molecule has 0 unspecified atom stereocenters. The zero-order valence-corrected chi connectivity index (χ0v) is 18.5. The molecule has 1 amide bonds. The maximum absolute atomic E-state index is 13.5. The van der Waals surface area contributed by atoms with Crippen molar-refractivity contribution in [1.82, 2.24) is 4.90 Å². The number of carbonyl (C=O) groups is 2. The van der Waals surface area contributed by atoms with E-state index in [1.807, 2.05) is 29.2 Å². The van der Waals surface area contributed by atoms with Crippen LogP contribution in [0.1, 0.15) is 41.6 Å². The number of thioether (sulfide) groups is 1. The Morgan fingerprint density at radius 2 is 1.90 bits per heavy atom. The van der Waals surface area contributed by atoms with Gasteiger partial charge in [-0.15, -0.1) is 0 Å². The lowest BCUT2D eigenvalue weighted by Crippen LogP contribution is -2.44. The average molecular weight is 455 g/mol. The van der Waals surface area contributed by atoms with E-state index in [-0.39, 0.29) is 22.8 Å². The summed E-state index contributed by atoms with van der Waals surface area (Å²) < 4.78 is 0. The first-order chi connectivity index (χ1) is 15.0. The minimum Gasteiger partial charge on any atom is -0.478 e. The molecule has 0 aromatic heterocycles. The van der Waals surface area contributed by atoms with E-state index in [9.17, 15) is 9.59 Å². The maximum Gasteiger partial charge on any atom is 0.335 e. The zero-order valence-electron chi connectivity index (χ0n) is 16.9. The van der Waals surface area contributed by atoms with Crippen LogP contribution in [0.3, 0.4) is 0 Å². The quantitative estimate of drug-likeness (QED) is 0.656. The summed E-state index contributed by atoms with van der Waals surface area (Å²) >= 11 is 7.86. The van der Waals surface area contributed by atoms with E-state index >= 15 is 0 Å². The maximum atomic E-state index is 13.5. The predicted molar refractivity (Wildman–Crippen MR) is 123 cm³/mol. The van der Waals surface area contributed by atoms with Gasteiger partial charge >= 0.3 is 5.97 Å². The topological polar surface area (TPSA) is 70.0 Å². The fraction of sp³-hybridized carbons (Fsp3) is 0.375. The van der Waals surface area contributed by atoms with Crippen LogP contribution in [-0.2, 0) is 11.2 Å². The number of fused-ring (bicyclic) bond motifs is 2. The number of amidine groups is 1. The van der Waals surface area contributed by atoms with E-state index in [4.69, 9.17) is 21.7 Å². The first-order valence-corrected chi connectivity index (χ1v) is 11.9. The molecule has 5 rings (SSSR count). The van der Waals surface area contributed by atoms with Gasteiger partial charge in [0.05, 0.1) is 16.5 Å². The number of benzene rings is 2. The molecule has 4 atom stereocenters. The number of hydrogen-bond acceptors (Lipinski definition) is 4. The number of aromatic carboxylic acids is 1. The molecule has 2 saturated carbocycles. The van der Waals surface area contributed by atoms with Crippen molar-refractivity contribution in [2.24, 2.45) is 16.8 Å². The van der Waals surface area contributed by atoms with Crippen molar-refractivity contribution in [2.75, 3.05) is 0 Å². The SMILES string of the molecule is O=C(O)c1ccc(N=C2S[C@@H](Cc3ccccc3Cl)C(=O)N2[C@H]2C[C@H]3CC[C@H]2C3)cc1. The Hall–Kier alpha value is -2.31. The lowest BCUT2D eigenvalue weighted by molar-refractivity contribution is -0.128. The van der Waals surface area contributed by atoms with Gasteiger partial charge in [0.1, 0.15) is 0 Å². The van der Waals surface area contributed by atoms with Gasteiger partial charge in [0.25, 0.3) is 0 Å². The van der Waals surface area contributed by atoms with E-state index in [2.05, 4.69) is 0 Å². The van der Waals surface area contributed by atoms with Gasteiger partial charge in [-0.05, 0) is 73.4 Å². The number of amides is 1. The third kappa shape index (κ3) is 3.99. The van der Waals surface area contributed by atoms with E-state index in [0.717, 1.165) is 17.2 Å². The second-order valence-corrected chi connectivity index (χ2v) is 10.2. The molecule has 2 aromatic carbocycles. The van der Waals surface area contributed by atoms with Gasteiger partial charge in [-0.2, -0.15) is 0 Å². The molecule has 31 heavy (non-hydrogen) atoms. The van der Waals surface area contributed by atoms with Crippen molar-refractivity contribution in [1.29, 1.82) is 0 Å². The summed E-state index contributed by atoms with van der Waals surface area (Å²) in [6.07, 6.45) is 5.27. The van der Waals surface area contributed by atoms with Crippen molar-refractivity contribution in [3.8, 4) is 0 Å². The van der Waals surface area contributed by atoms with Gasteiger partial charge in [-0.25, -0.2) is 9.79 Å². The van der Waals surface area contributed by atoms with Crippen LogP contribution < -0.4 is 0 Å². The molecular formula is C24H23ClN2O3S. The lowest BCUT2D eigenvalue weighted by atomic mass is 9.94. The largest absolute Gasteiger partial charge is 0.478 e. The number of aliphatic imine (C=N–C) groups is 1. The Balaban J connectivity index is 1.45. The van der Waals surface area contributed by atoms with Crippen LogP contribution in [0.25, 0.3) is 0 Å².